The van der Waals surface area contributed by atoms with Gasteiger partial charge in [0.2, 0.25) is 0 Å². The molecular weight excluding hydrogens is 588 g/mol. The van der Waals surface area contributed by atoms with Gasteiger partial charge in [-0.25, -0.2) is 18.0 Å². The first kappa shape index (κ1) is 36.1. The molecule has 6 saturated carbocycles. The molecule has 0 aromatic heterocycles. The summed E-state index contributed by atoms with van der Waals surface area (Å²) in [6, 6.07) is 0. The molecule has 0 saturated heterocycles. The zero-order valence-corrected chi connectivity index (χ0v) is 28.5. The third-order valence-electron chi connectivity index (χ3n) is 10.3. The maximum atomic E-state index is 12.4. The number of hydrogen-bond acceptors (Lipinski definition) is 8. The van der Waals surface area contributed by atoms with Gasteiger partial charge in [0.15, 0.2) is 15.6 Å². The topological polar surface area (TPSA) is 165 Å². The molecule has 3 N–H and O–H groups in total. The van der Waals surface area contributed by atoms with E-state index < -0.39 is 43.9 Å². The Balaban J connectivity index is 0.000000244. The van der Waals surface area contributed by atoms with Crippen molar-refractivity contribution in [3.05, 3.63) is 0 Å². The van der Waals surface area contributed by atoms with Crippen molar-refractivity contribution in [1.29, 1.82) is 0 Å². The Kier molecular flexibility index (Phi) is 10.5. The standard InChI is InChI=1S/C17H29NO5S.C15H25NO4/c1-15(2,3)23-14(20)18-12-16-5-8-17(9-6-16,10-7-16)13(19)11-24(4,21)22;1-13(2,3)20-12(19)16-10-14-4-7-15(8-5-14,9-6-14)11(17)18/h5-12H2,1-4H3,(H,18,20);4-10H2,1-3H3,(H,16,19)(H,17,18). The molecule has 2 amide bonds. The van der Waals surface area contributed by atoms with E-state index in [-0.39, 0.29) is 28.5 Å². The number of nitrogens with one attached hydrogen (secondary N) is 2. The number of amides is 2. The molecule has 4 bridgehead atoms. The Hall–Kier alpha value is -2.37. The molecule has 252 valence electrons. The van der Waals surface area contributed by atoms with Crippen molar-refractivity contribution in [3.63, 3.8) is 0 Å². The maximum absolute atomic E-state index is 12.4. The van der Waals surface area contributed by atoms with Gasteiger partial charge in [-0.2, -0.15) is 0 Å². The third-order valence-corrected chi connectivity index (χ3v) is 11.0. The fourth-order valence-corrected chi connectivity index (χ4v) is 8.12. The Morgan fingerprint density at radius 1 is 0.636 bits per heavy atom. The highest BCUT2D eigenvalue weighted by Gasteiger charge is 2.53. The van der Waals surface area contributed by atoms with E-state index in [0.29, 0.717) is 13.1 Å². The van der Waals surface area contributed by atoms with E-state index in [1.807, 2.05) is 41.5 Å². The number of hydrogen-bond donors (Lipinski definition) is 3. The number of fused-ring (bicyclic) bond motifs is 6. The minimum absolute atomic E-state index is 0.0179. The molecule has 12 heteroatoms. The van der Waals surface area contributed by atoms with Gasteiger partial charge in [0.1, 0.15) is 17.0 Å². The van der Waals surface area contributed by atoms with Crippen LogP contribution in [0.2, 0.25) is 0 Å². The largest absolute Gasteiger partial charge is 0.481 e. The molecule has 11 nitrogen and oxygen atoms in total. The molecule has 0 aromatic rings. The van der Waals surface area contributed by atoms with Crippen LogP contribution in [0.15, 0.2) is 0 Å². The summed E-state index contributed by atoms with van der Waals surface area (Å²) in [6.45, 7) is 12.2. The maximum Gasteiger partial charge on any atom is 0.407 e. The second-order valence-electron chi connectivity index (χ2n) is 16.1. The highest BCUT2D eigenvalue weighted by atomic mass is 32.2. The van der Waals surface area contributed by atoms with Crippen LogP contribution in [0.25, 0.3) is 0 Å². The molecule has 0 radical (unpaired) electrons. The van der Waals surface area contributed by atoms with Crippen LogP contribution in [0.1, 0.15) is 119 Å². The molecule has 0 aromatic carbocycles. The Labute approximate surface area is 262 Å². The van der Waals surface area contributed by atoms with Gasteiger partial charge in [-0.1, -0.05) is 0 Å². The minimum Gasteiger partial charge on any atom is -0.481 e. The first-order chi connectivity index (χ1) is 20.0. The van der Waals surface area contributed by atoms with Crippen LogP contribution < -0.4 is 10.6 Å². The second kappa shape index (κ2) is 12.8. The molecule has 0 spiro atoms. The summed E-state index contributed by atoms with van der Waals surface area (Å²) in [4.78, 5) is 47.4. The quantitative estimate of drug-likeness (QED) is 0.314. The lowest BCUT2D eigenvalue weighted by Crippen LogP contribution is -2.51. The molecule has 6 rings (SSSR count). The van der Waals surface area contributed by atoms with Crippen molar-refractivity contribution in [2.45, 2.75) is 130 Å². The van der Waals surface area contributed by atoms with Gasteiger partial charge in [-0.3, -0.25) is 9.59 Å². The molecule has 0 unspecified atom stereocenters. The average Bonchev–Trinajstić information content (AvgIpc) is 2.91. The number of carbonyl (C=O) groups is 4. The van der Waals surface area contributed by atoms with Gasteiger partial charge in [0, 0.05) is 24.8 Å². The number of ketones is 1. The van der Waals surface area contributed by atoms with Gasteiger partial charge in [0.05, 0.1) is 5.41 Å². The van der Waals surface area contributed by atoms with E-state index in [1.165, 1.54) is 0 Å². The van der Waals surface area contributed by atoms with E-state index >= 15 is 0 Å². The lowest BCUT2D eigenvalue weighted by atomic mass is 9.52. The smallest absolute Gasteiger partial charge is 0.407 e. The number of aliphatic carboxylic acids is 1. The highest BCUT2D eigenvalue weighted by Crippen LogP contribution is 2.58. The van der Waals surface area contributed by atoms with Gasteiger partial charge in [-0.15, -0.1) is 0 Å². The number of carbonyl (C=O) groups excluding carboxylic acids is 3. The normalized spacial score (nSPS) is 31.2. The van der Waals surface area contributed by atoms with Crippen LogP contribution in [0.5, 0.6) is 0 Å². The van der Waals surface area contributed by atoms with Crippen LogP contribution in [-0.4, -0.2) is 73.8 Å². The van der Waals surface area contributed by atoms with Crippen molar-refractivity contribution in [3.8, 4) is 0 Å². The van der Waals surface area contributed by atoms with Crippen molar-refractivity contribution < 1.29 is 42.2 Å². The third kappa shape index (κ3) is 9.57. The van der Waals surface area contributed by atoms with Gasteiger partial charge >= 0.3 is 18.2 Å². The van der Waals surface area contributed by atoms with E-state index in [1.54, 1.807) is 0 Å². The average molecular weight is 643 g/mol. The number of alkyl carbamates (subject to hydrolysis) is 2. The van der Waals surface area contributed by atoms with Crippen LogP contribution in [0.4, 0.5) is 9.59 Å². The monoisotopic (exact) mass is 642 g/mol. The minimum atomic E-state index is -3.28. The Morgan fingerprint density at radius 3 is 1.23 bits per heavy atom. The zero-order chi connectivity index (χ0) is 33.2. The molecule has 6 aliphatic rings. The van der Waals surface area contributed by atoms with Crippen LogP contribution in [-0.2, 0) is 28.9 Å². The van der Waals surface area contributed by atoms with Gasteiger partial charge in [0.25, 0.3) is 0 Å². The van der Waals surface area contributed by atoms with Crippen molar-refractivity contribution in [1.82, 2.24) is 10.6 Å². The summed E-state index contributed by atoms with van der Waals surface area (Å²) in [5.41, 5.74) is -1.87. The summed E-state index contributed by atoms with van der Waals surface area (Å²) < 4.78 is 33.4. The number of carboxylic acid groups (broad SMARTS) is 1. The summed E-state index contributed by atoms with van der Waals surface area (Å²) >= 11 is 0. The predicted molar refractivity (Wildman–Crippen MR) is 166 cm³/mol. The SMILES string of the molecule is CC(C)(C)OC(=O)NCC12CCC(C(=O)CS(C)(=O)=O)(CC1)CC2.CC(C)(C)OC(=O)NCC12CCC(C(=O)O)(CC1)CC2. The van der Waals surface area contributed by atoms with Crippen LogP contribution in [0, 0.1) is 21.7 Å². The van der Waals surface area contributed by atoms with Crippen LogP contribution in [0.3, 0.4) is 0 Å². The first-order valence-corrected chi connectivity index (χ1v) is 18.0. The molecule has 6 aliphatic carbocycles. The molecule has 0 heterocycles. The summed E-state index contributed by atoms with van der Waals surface area (Å²) in [7, 11) is -3.28. The van der Waals surface area contributed by atoms with Gasteiger partial charge < -0.3 is 25.2 Å². The van der Waals surface area contributed by atoms with E-state index in [2.05, 4.69) is 10.6 Å². The van der Waals surface area contributed by atoms with Crippen molar-refractivity contribution in [2.75, 3.05) is 25.1 Å². The number of ether oxygens (including phenoxy) is 2. The molecular formula is C32H54N2O9S. The van der Waals surface area contributed by atoms with E-state index in [0.717, 1.165) is 83.3 Å². The van der Waals surface area contributed by atoms with Crippen LogP contribution >= 0.6 is 0 Å². The van der Waals surface area contributed by atoms with E-state index in [4.69, 9.17) is 9.47 Å². The van der Waals surface area contributed by atoms with Crippen molar-refractivity contribution in [2.24, 2.45) is 21.7 Å². The van der Waals surface area contributed by atoms with Crippen molar-refractivity contribution >= 4 is 33.8 Å². The zero-order valence-electron chi connectivity index (χ0n) is 27.7. The molecule has 0 aliphatic heterocycles. The number of Topliss-reactive ketones (excluding diaryl/α,β-unsaturated/α-hetero) is 1. The van der Waals surface area contributed by atoms with E-state index in [9.17, 15) is 32.7 Å². The fourth-order valence-electron chi connectivity index (χ4n) is 7.33. The number of rotatable bonds is 8. The van der Waals surface area contributed by atoms with Gasteiger partial charge in [-0.05, 0) is 129 Å². The molecule has 6 fully saturated rings. The highest BCUT2D eigenvalue weighted by molar-refractivity contribution is 7.91. The summed E-state index contributed by atoms with van der Waals surface area (Å²) in [5.74, 6) is -1.12. The Bertz CT molecular complexity index is 1160. The molecule has 44 heavy (non-hydrogen) atoms. The first-order valence-electron chi connectivity index (χ1n) is 15.9. The summed E-state index contributed by atoms with van der Waals surface area (Å²) in [6.07, 6.45) is 9.87. The lowest BCUT2D eigenvalue weighted by Gasteiger charge is -2.52. The predicted octanol–water partition coefficient (Wildman–Crippen LogP) is 5.40. The Morgan fingerprint density at radius 2 is 0.955 bits per heavy atom. The molecule has 0 atom stereocenters. The fraction of sp³-hybridized carbons (Fsp3) is 0.875. The number of carboxylic acids is 1. The lowest BCUT2D eigenvalue weighted by molar-refractivity contribution is -0.158. The second-order valence-corrected chi connectivity index (χ2v) is 18.2. The summed E-state index contributed by atoms with van der Waals surface area (Å²) in [5, 5.41) is 15.1. The number of sulfone groups is 1.